The molecular weight excluding hydrogens is 410 g/mol. The number of hydrogen-bond donors (Lipinski definition) is 0. The Bertz CT molecular complexity index is 1160. The van der Waals surface area contributed by atoms with Crippen molar-refractivity contribution in [2.45, 2.75) is 32.8 Å². The number of hydrogen-bond acceptors (Lipinski definition) is 5. The van der Waals surface area contributed by atoms with Crippen LogP contribution in [0.5, 0.6) is 11.6 Å². The molecule has 0 N–H and O–H groups in total. The highest BCUT2D eigenvalue weighted by Gasteiger charge is 2.32. The van der Waals surface area contributed by atoms with Crippen molar-refractivity contribution < 1.29 is 9.47 Å². The van der Waals surface area contributed by atoms with Crippen LogP contribution in [0.2, 0.25) is 0 Å². The number of methoxy groups -OCH3 is 1. The maximum Gasteiger partial charge on any atom is 0.233 e. The number of pyridine rings is 1. The first kappa shape index (κ1) is 22.5. The minimum Gasteiger partial charge on any atom is -0.487 e. The molecule has 168 valence electrons. The second-order valence-electron chi connectivity index (χ2n) is 8.53. The van der Waals surface area contributed by atoms with Crippen molar-refractivity contribution in [1.29, 1.82) is 0 Å². The van der Waals surface area contributed by atoms with E-state index in [-0.39, 0.29) is 5.41 Å². The molecule has 4 aromatic rings. The van der Waals surface area contributed by atoms with E-state index in [2.05, 4.69) is 72.4 Å². The Morgan fingerprint density at radius 1 is 0.818 bits per heavy atom. The Hall–Kier alpha value is -3.73. The van der Waals surface area contributed by atoms with E-state index >= 15 is 0 Å². The van der Waals surface area contributed by atoms with E-state index in [0.717, 1.165) is 22.7 Å². The van der Waals surface area contributed by atoms with Gasteiger partial charge in [-0.3, -0.25) is 4.98 Å². The Kier molecular flexibility index (Phi) is 6.68. The quantitative estimate of drug-likeness (QED) is 0.333. The molecule has 2 aromatic heterocycles. The summed E-state index contributed by atoms with van der Waals surface area (Å²) in [6, 6.07) is 26.6. The largest absolute Gasteiger partial charge is 0.487 e. The minimum atomic E-state index is -0.149. The smallest absolute Gasteiger partial charge is 0.233 e. The van der Waals surface area contributed by atoms with Gasteiger partial charge in [-0.05, 0) is 47.4 Å². The highest BCUT2D eigenvalue weighted by atomic mass is 16.5. The molecule has 0 saturated heterocycles. The molecule has 2 aromatic carbocycles. The Morgan fingerprint density at radius 2 is 1.52 bits per heavy atom. The third kappa shape index (κ3) is 4.87. The topological polar surface area (TPSA) is 57.1 Å². The summed E-state index contributed by atoms with van der Waals surface area (Å²) >= 11 is 0. The van der Waals surface area contributed by atoms with Crippen molar-refractivity contribution in [2.75, 3.05) is 7.11 Å². The summed E-state index contributed by atoms with van der Waals surface area (Å²) in [5.41, 5.74) is 5.12. The zero-order valence-electron chi connectivity index (χ0n) is 19.5. The summed E-state index contributed by atoms with van der Waals surface area (Å²) in [5.74, 6) is 1.74. The van der Waals surface area contributed by atoms with Crippen molar-refractivity contribution >= 4 is 0 Å². The minimum absolute atomic E-state index is 0.149. The van der Waals surface area contributed by atoms with Crippen molar-refractivity contribution in [1.82, 2.24) is 15.2 Å². The van der Waals surface area contributed by atoms with Gasteiger partial charge in [0.05, 0.1) is 18.5 Å². The fourth-order valence-electron chi connectivity index (χ4n) is 3.94. The molecule has 5 nitrogen and oxygen atoms in total. The molecule has 0 spiro atoms. The normalized spacial score (nSPS) is 12.9. The molecule has 0 aliphatic carbocycles. The first-order valence-electron chi connectivity index (χ1n) is 11.1. The summed E-state index contributed by atoms with van der Waals surface area (Å²) in [6.07, 6.45) is 1.78. The summed E-state index contributed by atoms with van der Waals surface area (Å²) in [4.78, 5) is 4.31. The van der Waals surface area contributed by atoms with Gasteiger partial charge >= 0.3 is 0 Å². The van der Waals surface area contributed by atoms with Gasteiger partial charge in [-0.15, -0.1) is 10.2 Å². The third-order valence-corrected chi connectivity index (χ3v) is 6.35. The van der Waals surface area contributed by atoms with Gasteiger partial charge in [0.2, 0.25) is 5.88 Å². The molecule has 1 atom stereocenters. The van der Waals surface area contributed by atoms with Crippen LogP contribution in [0, 0.1) is 5.92 Å². The molecule has 0 radical (unpaired) electrons. The SMILES string of the molecule is COc1ccc(-c2ccc(C(C)(c3ccc(OCc4ccccn4)cc3)C(C)C)cc2)nn1. The Labute approximate surface area is 195 Å². The highest BCUT2D eigenvalue weighted by Crippen LogP contribution is 2.40. The van der Waals surface area contributed by atoms with E-state index in [1.165, 1.54) is 11.1 Å². The molecule has 0 bridgehead atoms. The number of ether oxygens (including phenoxy) is 2. The number of rotatable bonds is 8. The van der Waals surface area contributed by atoms with Crippen molar-refractivity contribution in [3.63, 3.8) is 0 Å². The van der Waals surface area contributed by atoms with Gasteiger partial charge in [-0.1, -0.05) is 63.2 Å². The standard InChI is InChI=1S/C28H29N3O2/c1-20(2)28(3,22-10-8-21(9-11-22)26-16-17-27(32-4)31-30-26)23-12-14-25(15-13-23)33-19-24-7-5-6-18-29-24/h5-18,20H,19H2,1-4H3. The second-order valence-corrected chi connectivity index (χ2v) is 8.53. The van der Waals surface area contributed by atoms with E-state index in [1.807, 2.05) is 42.5 Å². The van der Waals surface area contributed by atoms with Crippen LogP contribution in [-0.2, 0) is 12.0 Å². The lowest BCUT2D eigenvalue weighted by Crippen LogP contribution is -2.30. The summed E-state index contributed by atoms with van der Waals surface area (Å²) in [7, 11) is 1.59. The van der Waals surface area contributed by atoms with E-state index in [4.69, 9.17) is 9.47 Å². The molecule has 33 heavy (non-hydrogen) atoms. The van der Waals surface area contributed by atoms with Gasteiger partial charge < -0.3 is 9.47 Å². The predicted molar refractivity (Wildman–Crippen MR) is 130 cm³/mol. The first-order valence-corrected chi connectivity index (χ1v) is 11.1. The first-order chi connectivity index (χ1) is 16.0. The van der Waals surface area contributed by atoms with Crippen LogP contribution in [0.4, 0.5) is 0 Å². The number of nitrogens with zero attached hydrogens (tertiary/aromatic N) is 3. The lowest BCUT2D eigenvalue weighted by atomic mass is 9.68. The number of aromatic nitrogens is 3. The molecule has 4 rings (SSSR count). The van der Waals surface area contributed by atoms with Crippen LogP contribution in [-0.4, -0.2) is 22.3 Å². The van der Waals surface area contributed by atoms with Crippen LogP contribution in [0.3, 0.4) is 0 Å². The second kappa shape index (κ2) is 9.82. The molecule has 0 aliphatic rings. The average molecular weight is 440 g/mol. The van der Waals surface area contributed by atoms with Gasteiger partial charge in [0.15, 0.2) is 0 Å². The Balaban J connectivity index is 1.54. The summed E-state index contributed by atoms with van der Waals surface area (Å²) in [6.45, 7) is 7.27. The average Bonchev–Trinajstić information content (AvgIpc) is 2.88. The zero-order chi connectivity index (χ0) is 23.3. The maximum atomic E-state index is 5.92. The molecule has 2 heterocycles. The monoisotopic (exact) mass is 439 g/mol. The molecule has 5 heteroatoms. The summed E-state index contributed by atoms with van der Waals surface area (Å²) in [5, 5.41) is 8.34. The maximum absolute atomic E-state index is 5.92. The van der Waals surface area contributed by atoms with E-state index in [0.29, 0.717) is 18.4 Å². The van der Waals surface area contributed by atoms with E-state index < -0.39 is 0 Å². The van der Waals surface area contributed by atoms with Gasteiger partial charge in [-0.25, -0.2) is 0 Å². The molecule has 0 saturated carbocycles. The van der Waals surface area contributed by atoms with Gasteiger partial charge in [0, 0.05) is 23.2 Å². The fourth-order valence-corrected chi connectivity index (χ4v) is 3.94. The van der Waals surface area contributed by atoms with Crippen LogP contribution in [0.1, 0.15) is 37.6 Å². The van der Waals surface area contributed by atoms with Gasteiger partial charge in [-0.2, -0.15) is 0 Å². The van der Waals surface area contributed by atoms with Crippen molar-refractivity contribution in [3.8, 4) is 22.9 Å². The third-order valence-electron chi connectivity index (χ3n) is 6.35. The lowest BCUT2D eigenvalue weighted by Gasteiger charge is -2.35. The zero-order valence-corrected chi connectivity index (χ0v) is 19.5. The molecule has 0 aliphatic heterocycles. The molecular formula is C28H29N3O2. The molecule has 0 fully saturated rings. The van der Waals surface area contributed by atoms with Gasteiger partial charge in [0.1, 0.15) is 12.4 Å². The van der Waals surface area contributed by atoms with E-state index in [1.54, 1.807) is 13.3 Å². The van der Waals surface area contributed by atoms with Crippen LogP contribution in [0.15, 0.2) is 85.1 Å². The lowest BCUT2D eigenvalue weighted by molar-refractivity contribution is 0.301. The fraction of sp³-hybridized carbons (Fsp3) is 0.250. The van der Waals surface area contributed by atoms with Crippen LogP contribution >= 0.6 is 0 Å². The van der Waals surface area contributed by atoms with E-state index in [9.17, 15) is 0 Å². The van der Waals surface area contributed by atoms with Crippen LogP contribution < -0.4 is 9.47 Å². The summed E-state index contributed by atoms with van der Waals surface area (Å²) < 4.78 is 11.0. The Morgan fingerprint density at radius 3 is 2.06 bits per heavy atom. The van der Waals surface area contributed by atoms with Crippen molar-refractivity contribution in [3.05, 3.63) is 102 Å². The van der Waals surface area contributed by atoms with Crippen molar-refractivity contribution in [2.24, 2.45) is 5.92 Å². The molecule has 0 amide bonds. The highest BCUT2D eigenvalue weighted by molar-refractivity contribution is 5.60. The van der Waals surface area contributed by atoms with Gasteiger partial charge in [0.25, 0.3) is 0 Å². The number of benzene rings is 2. The predicted octanol–water partition coefficient (Wildman–Crippen LogP) is 6.09. The van der Waals surface area contributed by atoms with Crippen LogP contribution in [0.25, 0.3) is 11.3 Å². The molecule has 1 unspecified atom stereocenters.